The summed E-state index contributed by atoms with van der Waals surface area (Å²) in [4.78, 5) is 32.0. The molecule has 0 aromatic carbocycles. The lowest BCUT2D eigenvalue weighted by Gasteiger charge is -2.22. The molecule has 0 radical (unpaired) electrons. The Morgan fingerprint density at radius 2 is 1.09 bits per heavy atom. The van der Waals surface area contributed by atoms with Crippen LogP contribution in [-0.2, 0) is 25.6 Å². The first-order chi connectivity index (χ1) is 28.5. The number of H-pyrrole nitrogens is 1. The zero-order chi connectivity index (χ0) is 41.7. The van der Waals surface area contributed by atoms with Crippen LogP contribution in [0.2, 0.25) is 0 Å². The zero-order valence-electron chi connectivity index (χ0n) is 38.0. The van der Waals surface area contributed by atoms with Gasteiger partial charge in [-0.25, -0.2) is 4.98 Å². The van der Waals surface area contributed by atoms with Gasteiger partial charge >= 0.3 is 11.9 Å². The van der Waals surface area contributed by atoms with Crippen molar-refractivity contribution in [1.82, 2.24) is 24.6 Å². The van der Waals surface area contributed by atoms with E-state index in [2.05, 4.69) is 45.4 Å². The van der Waals surface area contributed by atoms with Gasteiger partial charge in [0.15, 0.2) is 11.2 Å². The molecule has 2 aromatic rings. The molecule has 0 spiro atoms. The number of hydrogen-bond donors (Lipinski definition) is 2. The first kappa shape index (κ1) is 51.5. The van der Waals surface area contributed by atoms with Crippen LogP contribution in [0.3, 0.4) is 0 Å². The minimum atomic E-state index is -0.0291. The number of hydrogen-bond acceptors (Lipinski definition) is 8. The number of imidazole rings is 1. The fourth-order valence-electron chi connectivity index (χ4n) is 8.04. The van der Waals surface area contributed by atoms with E-state index < -0.39 is 0 Å². The number of rotatable bonds is 42. The number of esters is 2. The summed E-state index contributed by atoms with van der Waals surface area (Å²) < 4.78 is 13.6. The quantitative estimate of drug-likeness (QED) is 0.0501. The Bertz CT molecular complexity index is 1230. The van der Waals surface area contributed by atoms with Gasteiger partial charge < -0.3 is 24.7 Å². The molecule has 3 N–H and O–H groups in total. The molecule has 10 nitrogen and oxygen atoms in total. The standard InChI is InChI=1S/C48H90N6O4/c1-4-7-10-13-18-25-33-43(34-26-19-14-11-8-5-2)58-45(56)36-28-21-17-23-30-38-53(39-32-40-54-42-50-46-47(49)51-52-48(46)54)37-29-22-16-20-27-35-44(55)57-41-31-24-15-12-9-6-3/h42-43H,4-41H2,1-3H3,(H3,49,51,52). The van der Waals surface area contributed by atoms with Gasteiger partial charge in [0.2, 0.25) is 0 Å². The van der Waals surface area contributed by atoms with Gasteiger partial charge in [0.1, 0.15) is 11.9 Å². The van der Waals surface area contributed by atoms with Gasteiger partial charge in [-0.1, -0.05) is 156 Å². The molecule has 0 aliphatic heterocycles. The van der Waals surface area contributed by atoms with Crippen molar-refractivity contribution in [3.05, 3.63) is 6.33 Å². The minimum absolute atomic E-state index is 0.0178. The number of aryl methyl sites for hydroxylation is 1. The molecular weight excluding hydrogens is 725 g/mol. The predicted molar refractivity (Wildman–Crippen MR) is 243 cm³/mol. The Labute approximate surface area is 355 Å². The summed E-state index contributed by atoms with van der Waals surface area (Å²) in [6.45, 7) is 11.4. The molecule has 58 heavy (non-hydrogen) atoms. The van der Waals surface area contributed by atoms with Gasteiger partial charge in [-0.05, 0) is 83.8 Å². The molecule has 2 aromatic heterocycles. The largest absolute Gasteiger partial charge is 0.466 e. The van der Waals surface area contributed by atoms with Crippen LogP contribution < -0.4 is 5.73 Å². The summed E-state index contributed by atoms with van der Waals surface area (Å²) in [6, 6.07) is 0. The molecule has 0 unspecified atom stereocenters. The highest BCUT2D eigenvalue weighted by molar-refractivity contribution is 5.81. The monoisotopic (exact) mass is 815 g/mol. The van der Waals surface area contributed by atoms with E-state index in [1.54, 1.807) is 0 Å². The molecule has 2 heterocycles. The summed E-state index contributed by atoms with van der Waals surface area (Å²) in [7, 11) is 0. The van der Waals surface area contributed by atoms with E-state index in [1.165, 1.54) is 128 Å². The van der Waals surface area contributed by atoms with Gasteiger partial charge in [0, 0.05) is 19.4 Å². The lowest BCUT2D eigenvalue weighted by molar-refractivity contribution is -0.150. The highest BCUT2D eigenvalue weighted by Crippen LogP contribution is 2.19. The van der Waals surface area contributed by atoms with E-state index in [-0.39, 0.29) is 18.0 Å². The van der Waals surface area contributed by atoms with E-state index in [0.717, 1.165) is 108 Å². The fourth-order valence-corrected chi connectivity index (χ4v) is 8.04. The summed E-state index contributed by atoms with van der Waals surface area (Å²) >= 11 is 0. The first-order valence-electron chi connectivity index (χ1n) is 24.7. The summed E-state index contributed by atoms with van der Waals surface area (Å²) in [5, 5.41) is 7.18. The Hall–Kier alpha value is -2.62. The number of carbonyl (C=O) groups is 2. The molecule has 10 heteroatoms. The van der Waals surface area contributed by atoms with Gasteiger partial charge in [0.05, 0.1) is 12.9 Å². The Balaban J connectivity index is 1.65. The third-order valence-corrected chi connectivity index (χ3v) is 11.7. The second kappa shape index (κ2) is 36.2. The molecule has 0 bridgehead atoms. The number of nitrogens with one attached hydrogen (secondary N) is 1. The van der Waals surface area contributed by atoms with E-state index in [4.69, 9.17) is 15.2 Å². The summed E-state index contributed by atoms with van der Waals surface area (Å²) in [5.74, 6) is 0.511. The SMILES string of the molecule is CCCCCCCCOC(=O)CCCCCCCN(CCCCCCCC(=O)OC(CCCCCCCC)CCCCCCCC)CCCn1cnc2c(N)[nH]nc21. The Kier molecular flexibility index (Phi) is 32.2. The third kappa shape index (κ3) is 26.5. The van der Waals surface area contributed by atoms with Gasteiger partial charge in [-0.2, -0.15) is 5.10 Å². The fraction of sp³-hybridized carbons (Fsp3) is 0.875. The van der Waals surface area contributed by atoms with Gasteiger partial charge in [-0.15, -0.1) is 0 Å². The highest BCUT2D eigenvalue weighted by atomic mass is 16.5. The van der Waals surface area contributed by atoms with Crippen molar-refractivity contribution < 1.29 is 19.1 Å². The van der Waals surface area contributed by atoms with E-state index in [9.17, 15) is 9.59 Å². The zero-order valence-corrected chi connectivity index (χ0v) is 38.0. The smallest absolute Gasteiger partial charge is 0.306 e. The van der Waals surface area contributed by atoms with Crippen LogP contribution in [0, 0.1) is 0 Å². The van der Waals surface area contributed by atoms with Crippen molar-refractivity contribution in [3.8, 4) is 0 Å². The molecule has 336 valence electrons. The molecule has 0 amide bonds. The molecule has 2 rings (SSSR count). The summed E-state index contributed by atoms with van der Waals surface area (Å²) in [6.07, 6.45) is 39.8. The maximum atomic E-state index is 12.9. The maximum absolute atomic E-state index is 12.9. The molecule has 0 atom stereocenters. The van der Waals surface area contributed by atoms with E-state index >= 15 is 0 Å². The topological polar surface area (TPSA) is 128 Å². The number of nitrogens with zero attached hydrogens (tertiary/aromatic N) is 4. The third-order valence-electron chi connectivity index (χ3n) is 11.7. The number of ether oxygens (including phenoxy) is 2. The minimum Gasteiger partial charge on any atom is -0.466 e. The van der Waals surface area contributed by atoms with Crippen LogP contribution in [0.5, 0.6) is 0 Å². The predicted octanol–water partition coefficient (Wildman–Crippen LogP) is 13.0. The molecular formula is C48H90N6O4. The van der Waals surface area contributed by atoms with Crippen LogP contribution in [0.4, 0.5) is 5.82 Å². The van der Waals surface area contributed by atoms with Gasteiger partial charge in [0.25, 0.3) is 0 Å². The molecule has 0 aliphatic rings. The van der Waals surface area contributed by atoms with E-state index in [0.29, 0.717) is 25.3 Å². The number of anilines is 1. The Morgan fingerprint density at radius 3 is 1.66 bits per heavy atom. The normalized spacial score (nSPS) is 11.7. The number of nitrogen functional groups attached to an aromatic ring is 1. The van der Waals surface area contributed by atoms with Crippen molar-refractivity contribution in [2.24, 2.45) is 0 Å². The number of aromatic amines is 1. The number of carbonyl (C=O) groups excluding carboxylic acids is 2. The van der Waals surface area contributed by atoms with Gasteiger partial charge in [-0.3, -0.25) is 14.7 Å². The number of nitrogens with two attached hydrogens (primary N) is 1. The van der Waals surface area contributed by atoms with Crippen molar-refractivity contribution in [2.75, 3.05) is 32.0 Å². The van der Waals surface area contributed by atoms with Crippen LogP contribution in [-0.4, -0.2) is 68.9 Å². The highest BCUT2D eigenvalue weighted by Gasteiger charge is 2.15. The van der Waals surface area contributed by atoms with Crippen molar-refractivity contribution >= 4 is 28.9 Å². The first-order valence-corrected chi connectivity index (χ1v) is 24.7. The molecule has 0 saturated heterocycles. The van der Waals surface area contributed by atoms with Crippen molar-refractivity contribution in [3.63, 3.8) is 0 Å². The van der Waals surface area contributed by atoms with Crippen LogP contribution in [0.15, 0.2) is 6.33 Å². The number of unbranched alkanes of at least 4 members (excludes halogenated alkanes) is 23. The van der Waals surface area contributed by atoms with Crippen molar-refractivity contribution in [1.29, 1.82) is 0 Å². The maximum Gasteiger partial charge on any atom is 0.306 e. The van der Waals surface area contributed by atoms with Crippen LogP contribution in [0.1, 0.15) is 233 Å². The van der Waals surface area contributed by atoms with Crippen molar-refractivity contribution in [2.45, 2.75) is 245 Å². The number of fused-ring (bicyclic) bond motifs is 1. The second-order valence-corrected chi connectivity index (χ2v) is 17.2. The summed E-state index contributed by atoms with van der Waals surface area (Å²) in [5.41, 5.74) is 7.54. The molecule has 0 saturated carbocycles. The molecule has 0 fully saturated rings. The average molecular weight is 815 g/mol. The average Bonchev–Trinajstić information content (AvgIpc) is 3.80. The van der Waals surface area contributed by atoms with Crippen LogP contribution in [0.25, 0.3) is 11.2 Å². The molecule has 0 aliphatic carbocycles. The van der Waals surface area contributed by atoms with E-state index in [1.807, 2.05) is 6.33 Å². The lowest BCUT2D eigenvalue weighted by atomic mass is 10.0. The van der Waals surface area contributed by atoms with Crippen LogP contribution >= 0.6 is 0 Å². The Morgan fingerprint density at radius 1 is 0.621 bits per heavy atom. The second-order valence-electron chi connectivity index (χ2n) is 17.2. The lowest BCUT2D eigenvalue weighted by Crippen LogP contribution is -2.28. The number of aromatic nitrogens is 4.